The second-order valence-electron chi connectivity index (χ2n) is 8.70. The number of nitrogens with zero attached hydrogens (tertiary/aromatic N) is 2. The molecule has 1 aromatic heterocycles. The fourth-order valence-electron chi connectivity index (χ4n) is 4.85. The van der Waals surface area contributed by atoms with E-state index in [4.69, 9.17) is 9.84 Å². The minimum absolute atomic E-state index is 0.157. The van der Waals surface area contributed by atoms with Crippen LogP contribution in [0.2, 0.25) is 0 Å². The molecule has 4 nitrogen and oxygen atoms in total. The van der Waals surface area contributed by atoms with Crippen LogP contribution in [0.1, 0.15) is 42.1 Å². The summed E-state index contributed by atoms with van der Waals surface area (Å²) in [5, 5.41) is 4.92. The van der Waals surface area contributed by atoms with Crippen molar-refractivity contribution in [1.29, 1.82) is 0 Å². The largest absolute Gasteiger partial charge is 0.465 e. The van der Waals surface area contributed by atoms with E-state index in [-0.39, 0.29) is 5.97 Å². The molecule has 33 heavy (non-hydrogen) atoms. The SMILES string of the molecule is CCOC(=O)C1(c2ccn(CC(c3ccccc3)(c3ccccc3)c3ccccc3)n2)CC1. The van der Waals surface area contributed by atoms with Crippen LogP contribution < -0.4 is 0 Å². The zero-order chi connectivity index (χ0) is 22.7. The quantitative estimate of drug-likeness (QED) is 0.270. The molecule has 1 fully saturated rings. The number of hydrogen-bond donors (Lipinski definition) is 0. The van der Waals surface area contributed by atoms with Gasteiger partial charge in [-0.25, -0.2) is 0 Å². The summed E-state index contributed by atoms with van der Waals surface area (Å²) in [5.74, 6) is -0.157. The van der Waals surface area contributed by atoms with Gasteiger partial charge in [-0.2, -0.15) is 5.10 Å². The topological polar surface area (TPSA) is 44.1 Å². The van der Waals surface area contributed by atoms with E-state index in [1.54, 1.807) is 0 Å². The summed E-state index contributed by atoms with van der Waals surface area (Å²) in [4.78, 5) is 12.6. The Labute approximate surface area is 194 Å². The van der Waals surface area contributed by atoms with Gasteiger partial charge < -0.3 is 4.74 Å². The molecule has 0 amide bonds. The molecule has 1 aliphatic carbocycles. The molecule has 0 bridgehead atoms. The molecular weight excluding hydrogens is 408 g/mol. The molecule has 0 radical (unpaired) electrons. The second kappa shape index (κ2) is 8.70. The Hall–Kier alpha value is -3.66. The van der Waals surface area contributed by atoms with Crippen LogP contribution in [-0.2, 0) is 26.9 Å². The third kappa shape index (κ3) is 3.76. The van der Waals surface area contributed by atoms with E-state index in [1.165, 1.54) is 16.7 Å². The van der Waals surface area contributed by atoms with E-state index in [0.29, 0.717) is 13.2 Å². The number of ether oxygens (including phenoxy) is 1. The van der Waals surface area contributed by atoms with E-state index < -0.39 is 10.8 Å². The van der Waals surface area contributed by atoms with E-state index >= 15 is 0 Å². The van der Waals surface area contributed by atoms with Gasteiger partial charge in [0, 0.05) is 6.20 Å². The van der Waals surface area contributed by atoms with Crippen molar-refractivity contribution < 1.29 is 9.53 Å². The molecule has 0 atom stereocenters. The van der Waals surface area contributed by atoms with Gasteiger partial charge in [0.15, 0.2) is 0 Å². The minimum Gasteiger partial charge on any atom is -0.465 e. The van der Waals surface area contributed by atoms with Crippen LogP contribution in [0.4, 0.5) is 0 Å². The first-order valence-corrected chi connectivity index (χ1v) is 11.6. The Kier molecular flexibility index (Phi) is 5.59. The van der Waals surface area contributed by atoms with E-state index in [1.807, 2.05) is 42.1 Å². The van der Waals surface area contributed by atoms with Crippen LogP contribution in [0, 0.1) is 0 Å². The minimum atomic E-state index is -0.573. The average molecular weight is 437 g/mol. The van der Waals surface area contributed by atoms with Crippen LogP contribution in [0.5, 0.6) is 0 Å². The Morgan fingerprint density at radius 2 is 1.33 bits per heavy atom. The molecular formula is C29H28N2O2. The number of rotatable bonds is 8. The third-order valence-corrected chi connectivity index (χ3v) is 6.75. The lowest BCUT2D eigenvalue weighted by Gasteiger charge is -2.36. The summed E-state index contributed by atoms with van der Waals surface area (Å²) in [5.41, 5.74) is 3.40. The molecule has 1 saturated carbocycles. The van der Waals surface area contributed by atoms with Crippen molar-refractivity contribution in [2.24, 2.45) is 0 Å². The summed E-state index contributed by atoms with van der Waals surface area (Å²) in [6.07, 6.45) is 3.59. The lowest BCUT2D eigenvalue weighted by atomic mass is 9.69. The maximum absolute atomic E-state index is 12.6. The molecule has 0 unspecified atom stereocenters. The smallest absolute Gasteiger partial charge is 0.318 e. The van der Waals surface area contributed by atoms with Gasteiger partial charge in [-0.3, -0.25) is 9.48 Å². The van der Waals surface area contributed by atoms with Gasteiger partial charge in [0.1, 0.15) is 5.41 Å². The fourth-order valence-corrected chi connectivity index (χ4v) is 4.85. The standard InChI is InChI=1S/C29H28N2O2/c1-2-33-27(32)28(19-20-28)26-18-21-31(30-26)22-29(23-12-6-3-7-13-23,24-14-8-4-9-15-24)25-16-10-5-11-17-25/h3-18,21H,2,19-20,22H2,1H3. The molecule has 1 aliphatic rings. The lowest BCUT2D eigenvalue weighted by Crippen LogP contribution is -2.35. The summed E-state index contributed by atoms with van der Waals surface area (Å²) in [6, 6.07) is 33.8. The highest BCUT2D eigenvalue weighted by Gasteiger charge is 2.54. The van der Waals surface area contributed by atoms with Crippen molar-refractivity contribution in [3.05, 3.63) is 126 Å². The highest BCUT2D eigenvalue weighted by Crippen LogP contribution is 2.49. The third-order valence-electron chi connectivity index (χ3n) is 6.75. The van der Waals surface area contributed by atoms with Gasteiger partial charge in [0.25, 0.3) is 0 Å². The average Bonchev–Trinajstić information content (AvgIpc) is 3.56. The molecule has 0 saturated heterocycles. The second-order valence-corrected chi connectivity index (χ2v) is 8.70. The summed E-state index contributed by atoms with van der Waals surface area (Å²) >= 11 is 0. The molecule has 5 rings (SSSR count). The molecule has 0 spiro atoms. The van der Waals surface area contributed by atoms with Gasteiger partial charge >= 0.3 is 5.97 Å². The van der Waals surface area contributed by atoms with Crippen molar-refractivity contribution in [1.82, 2.24) is 9.78 Å². The first-order chi connectivity index (χ1) is 16.2. The van der Waals surface area contributed by atoms with Crippen LogP contribution >= 0.6 is 0 Å². The number of aromatic nitrogens is 2. The predicted octanol–water partition coefficient (Wildman–Crippen LogP) is 5.51. The Morgan fingerprint density at radius 1 is 0.848 bits per heavy atom. The van der Waals surface area contributed by atoms with Crippen molar-refractivity contribution in [3.8, 4) is 0 Å². The van der Waals surface area contributed by atoms with Gasteiger partial charge in [-0.15, -0.1) is 0 Å². The molecule has 1 heterocycles. The van der Waals surface area contributed by atoms with Crippen LogP contribution in [0.15, 0.2) is 103 Å². The van der Waals surface area contributed by atoms with E-state index in [9.17, 15) is 4.79 Å². The first-order valence-electron chi connectivity index (χ1n) is 11.6. The predicted molar refractivity (Wildman–Crippen MR) is 129 cm³/mol. The number of carbonyl (C=O) groups excluding carboxylic acids is 1. The maximum atomic E-state index is 12.6. The van der Waals surface area contributed by atoms with Crippen molar-refractivity contribution >= 4 is 5.97 Å². The number of benzene rings is 3. The zero-order valence-corrected chi connectivity index (χ0v) is 18.9. The van der Waals surface area contributed by atoms with Gasteiger partial charge in [-0.1, -0.05) is 91.0 Å². The molecule has 0 aliphatic heterocycles. The Bertz CT molecular complexity index is 1120. The first kappa shape index (κ1) is 21.2. The maximum Gasteiger partial charge on any atom is 0.318 e. The van der Waals surface area contributed by atoms with Crippen molar-refractivity contribution in [2.45, 2.75) is 37.1 Å². The van der Waals surface area contributed by atoms with E-state index in [2.05, 4.69) is 72.8 Å². The normalized spacial score (nSPS) is 14.6. The molecule has 3 aromatic carbocycles. The van der Waals surface area contributed by atoms with Gasteiger partial charge in [0.05, 0.1) is 24.3 Å². The summed E-state index contributed by atoms with van der Waals surface area (Å²) < 4.78 is 7.34. The Balaban J connectivity index is 1.63. The molecule has 4 heteroatoms. The molecule has 0 N–H and O–H groups in total. The summed E-state index contributed by atoms with van der Waals surface area (Å²) in [7, 11) is 0. The molecule has 166 valence electrons. The Morgan fingerprint density at radius 3 is 1.76 bits per heavy atom. The van der Waals surface area contributed by atoms with Crippen LogP contribution in [0.3, 0.4) is 0 Å². The number of carbonyl (C=O) groups is 1. The van der Waals surface area contributed by atoms with Crippen LogP contribution in [-0.4, -0.2) is 22.4 Å². The van der Waals surface area contributed by atoms with Crippen molar-refractivity contribution in [2.75, 3.05) is 6.61 Å². The number of esters is 1. The number of hydrogen-bond acceptors (Lipinski definition) is 3. The lowest BCUT2D eigenvalue weighted by molar-refractivity contribution is -0.146. The monoisotopic (exact) mass is 436 g/mol. The summed E-state index contributed by atoms with van der Waals surface area (Å²) in [6.45, 7) is 2.85. The van der Waals surface area contributed by atoms with E-state index in [0.717, 1.165) is 18.5 Å². The van der Waals surface area contributed by atoms with Crippen LogP contribution in [0.25, 0.3) is 0 Å². The van der Waals surface area contributed by atoms with Gasteiger partial charge in [-0.05, 0) is 42.5 Å². The fraction of sp³-hybridized carbons (Fsp3) is 0.241. The van der Waals surface area contributed by atoms with Crippen molar-refractivity contribution in [3.63, 3.8) is 0 Å². The highest BCUT2D eigenvalue weighted by molar-refractivity contribution is 5.85. The molecule has 4 aromatic rings. The van der Waals surface area contributed by atoms with Gasteiger partial charge in [0.2, 0.25) is 0 Å². The highest BCUT2D eigenvalue weighted by atomic mass is 16.5. The zero-order valence-electron chi connectivity index (χ0n) is 18.9.